The van der Waals surface area contributed by atoms with Gasteiger partial charge in [-0.2, -0.15) is 0 Å². The molecule has 0 spiro atoms. The van der Waals surface area contributed by atoms with Crippen molar-refractivity contribution in [2.45, 2.75) is 10.8 Å². The molecule has 1 unspecified atom stereocenters. The number of rotatable bonds is 6. The zero-order chi connectivity index (χ0) is 14.4. The van der Waals surface area contributed by atoms with E-state index >= 15 is 0 Å². The van der Waals surface area contributed by atoms with Crippen LogP contribution >= 0.6 is 11.8 Å². The zero-order valence-corrected chi connectivity index (χ0v) is 12.2. The molecule has 0 aliphatic carbocycles. The Balaban J connectivity index is 2.04. The zero-order valence-electron chi connectivity index (χ0n) is 11.4. The Hall–Kier alpha value is -1.94. The molecule has 3 N–H and O–H groups in total. The fourth-order valence-electron chi connectivity index (χ4n) is 1.90. The van der Waals surface area contributed by atoms with Gasteiger partial charge in [0.1, 0.15) is 5.75 Å². The molecule has 2 aromatic carbocycles. The first-order valence-corrected chi connectivity index (χ1v) is 7.35. The number of thioether (sulfide) groups is 1. The molecule has 1 atom stereocenters. The number of amidine groups is 1. The van der Waals surface area contributed by atoms with Crippen LogP contribution in [0, 0.1) is 5.41 Å². The van der Waals surface area contributed by atoms with Gasteiger partial charge in [-0.1, -0.05) is 30.3 Å². The highest BCUT2D eigenvalue weighted by Gasteiger charge is 2.14. The second-order valence-corrected chi connectivity index (χ2v) is 5.50. The van der Waals surface area contributed by atoms with E-state index < -0.39 is 0 Å². The minimum atomic E-state index is -0.0525. The molecular formula is C16H18N2OS. The van der Waals surface area contributed by atoms with Crippen molar-refractivity contribution >= 4 is 17.6 Å². The highest BCUT2D eigenvalue weighted by molar-refractivity contribution is 7.99. The maximum Gasteiger partial charge on any atom is 0.118 e. The summed E-state index contributed by atoms with van der Waals surface area (Å²) in [5.41, 5.74) is 6.81. The highest BCUT2D eigenvalue weighted by Crippen LogP contribution is 2.27. The van der Waals surface area contributed by atoms with Crippen molar-refractivity contribution in [3.63, 3.8) is 0 Å². The van der Waals surface area contributed by atoms with Crippen LogP contribution in [0.3, 0.4) is 0 Å². The summed E-state index contributed by atoms with van der Waals surface area (Å²) < 4.78 is 5.14. The van der Waals surface area contributed by atoms with Crippen LogP contribution in [0.15, 0.2) is 59.5 Å². The Bertz CT molecular complexity index is 554. The highest BCUT2D eigenvalue weighted by atomic mass is 32.2. The molecular weight excluding hydrogens is 268 g/mol. The fourth-order valence-corrected chi connectivity index (χ4v) is 2.96. The predicted octanol–water partition coefficient (Wildman–Crippen LogP) is 3.51. The lowest BCUT2D eigenvalue weighted by Gasteiger charge is -2.15. The van der Waals surface area contributed by atoms with Crippen molar-refractivity contribution in [1.82, 2.24) is 0 Å². The second-order valence-electron chi connectivity index (χ2n) is 4.41. The van der Waals surface area contributed by atoms with E-state index in [1.807, 2.05) is 54.6 Å². The van der Waals surface area contributed by atoms with E-state index in [1.165, 1.54) is 0 Å². The topological polar surface area (TPSA) is 59.1 Å². The monoisotopic (exact) mass is 286 g/mol. The predicted molar refractivity (Wildman–Crippen MR) is 84.8 cm³/mol. The summed E-state index contributed by atoms with van der Waals surface area (Å²) in [5, 5.41) is 7.76. The van der Waals surface area contributed by atoms with Gasteiger partial charge in [0.05, 0.1) is 18.9 Å². The maximum absolute atomic E-state index is 7.76. The van der Waals surface area contributed by atoms with Crippen molar-refractivity contribution in [1.29, 1.82) is 5.41 Å². The van der Waals surface area contributed by atoms with Gasteiger partial charge in [0.2, 0.25) is 0 Å². The molecule has 0 aromatic heterocycles. The van der Waals surface area contributed by atoms with Crippen LogP contribution in [0.2, 0.25) is 0 Å². The van der Waals surface area contributed by atoms with Gasteiger partial charge in [-0.25, -0.2) is 0 Å². The molecule has 4 heteroatoms. The standard InChI is InChI=1S/C16H18N2OS/c1-19-13-7-9-14(10-8-13)20-11-15(16(17)18)12-5-3-2-4-6-12/h2-10,15H,11H2,1H3,(H3,17,18). The molecule has 0 aliphatic heterocycles. The molecule has 2 aromatic rings. The van der Waals surface area contributed by atoms with Gasteiger partial charge < -0.3 is 10.5 Å². The van der Waals surface area contributed by atoms with E-state index in [0.29, 0.717) is 0 Å². The average molecular weight is 286 g/mol. The minimum absolute atomic E-state index is 0.0525. The molecule has 0 saturated carbocycles. The van der Waals surface area contributed by atoms with Crippen molar-refractivity contribution in [2.75, 3.05) is 12.9 Å². The Morgan fingerprint density at radius 3 is 2.35 bits per heavy atom. The van der Waals surface area contributed by atoms with E-state index in [-0.39, 0.29) is 11.8 Å². The summed E-state index contributed by atoms with van der Waals surface area (Å²) >= 11 is 1.69. The molecule has 0 amide bonds. The Morgan fingerprint density at radius 1 is 1.15 bits per heavy atom. The van der Waals surface area contributed by atoms with Crippen LogP contribution in [-0.2, 0) is 0 Å². The lowest BCUT2D eigenvalue weighted by Crippen LogP contribution is -2.22. The first-order chi connectivity index (χ1) is 9.70. The summed E-state index contributed by atoms with van der Waals surface area (Å²) in [4.78, 5) is 1.15. The SMILES string of the molecule is COc1ccc(SCC(C(=N)N)c2ccccc2)cc1. The number of ether oxygens (including phenoxy) is 1. The van der Waals surface area contributed by atoms with Crippen LogP contribution in [0.25, 0.3) is 0 Å². The maximum atomic E-state index is 7.76. The first kappa shape index (κ1) is 14.5. The van der Waals surface area contributed by atoms with Gasteiger partial charge in [-0.3, -0.25) is 5.41 Å². The second kappa shape index (κ2) is 7.01. The van der Waals surface area contributed by atoms with Crippen molar-refractivity contribution in [3.05, 3.63) is 60.2 Å². The van der Waals surface area contributed by atoms with E-state index in [0.717, 1.165) is 22.0 Å². The van der Waals surface area contributed by atoms with Crippen LogP contribution in [-0.4, -0.2) is 18.7 Å². The number of nitrogens with two attached hydrogens (primary N) is 1. The number of hydrogen-bond donors (Lipinski definition) is 2. The Labute approximate surface area is 123 Å². The third kappa shape index (κ3) is 3.78. The summed E-state index contributed by atoms with van der Waals surface area (Å²) in [5.74, 6) is 1.76. The van der Waals surface area contributed by atoms with Crippen LogP contribution in [0.1, 0.15) is 11.5 Å². The first-order valence-electron chi connectivity index (χ1n) is 6.36. The van der Waals surface area contributed by atoms with E-state index in [4.69, 9.17) is 15.9 Å². The van der Waals surface area contributed by atoms with Crippen molar-refractivity contribution in [2.24, 2.45) is 5.73 Å². The summed E-state index contributed by atoms with van der Waals surface area (Å²) in [6.45, 7) is 0. The van der Waals surface area contributed by atoms with Crippen LogP contribution < -0.4 is 10.5 Å². The average Bonchev–Trinajstić information content (AvgIpc) is 2.49. The molecule has 0 bridgehead atoms. The molecule has 3 nitrogen and oxygen atoms in total. The van der Waals surface area contributed by atoms with Gasteiger partial charge in [-0.15, -0.1) is 11.8 Å². The molecule has 0 saturated heterocycles. The molecule has 2 rings (SSSR count). The minimum Gasteiger partial charge on any atom is -0.497 e. The summed E-state index contributed by atoms with van der Waals surface area (Å²) in [6.07, 6.45) is 0. The Morgan fingerprint density at radius 2 is 1.80 bits per heavy atom. The summed E-state index contributed by atoms with van der Waals surface area (Å²) in [6, 6.07) is 17.9. The van der Waals surface area contributed by atoms with Gasteiger partial charge in [0, 0.05) is 10.6 Å². The number of nitrogens with one attached hydrogen (secondary N) is 1. The van der Waals surface area contributed by atoms with Gasteiger partial charge in [-0.05, 0) is 29.8 Å². The number of hydrogen-bond acceptors (Lipinski definition) is 3. The fraction of sp³-hybridized carbons (Fsp3) is 0.188. The van der Waals surface area contributed by atoms with Crippen molar-refractivity contribution in [3.8, 4) is 5.75 Å². The Kier molecular flexibility index (Phi) is 5.07. The number of methoxy groups -OCH3 is 1. The molecule has 0 radical (unpaired) electrons. The van der Waals surface area contributed by atoms with Crippen LogP contribution in [0.5, 0.6) is 5.75 Å². The molecule has 20 heavy (non-hydrogen) atoms. The number of benzene rings is 2. The molecule has 0 fully saturated rings. The molecule has 104 valence electrons. The van der Waals surface area contributed by atoms with Gasteiger partial charge in [0.15, 0.2) is 0 Å². The van der Waals surface area contributed by atoms with Gasteiger partial charge >= 0.3 is 0 Å². The molecule has 0 heterocycles. The van der Waals surface area contributed by atoms with Gasteiger partial charge in [0.25, 0.3) is 0 Å². The van der Waals surface area contributed by atoms with E-state index in [1.54, 1.807) is 18.9 Å². The quantitative estimate of drug-likeness (QED) is 0.485. The van der Waals surface area contributed by atoms with E-state index in [9.17, 15) is 0 Å². The van der Waals surface area contributed by atoms with Crippen molar-refractivity contribution < 1.29 is 4.74 Å². The third-order valence-corrected chi connectivity index (χ3v) is 4.16. The third-order valence-electron chi connectivity index (χ3n) is 3.05. The van der Waals surface area contributed by atoms with Crippen LogP contribution in [0.4, 0.5) is 0 Å². The smallest absolute Gasteiger partial charge is 0.118 e. The molecule has 0 aliphatic rings. The lowest BCUT2D eigenvalue weighted by molar-refractivity contribution is 0.414. The van der Waals surface area contributed by atoms with E-state index in [2.05, 4.69) is 0 Å². The largest absolute Gasteiger partial charge is 0.497 e. The lowest BCUT2D eigenvalue weighted by atomic mass is 10.0. The normalized spacial score (nSPS) is 11.8. The summed E-state index contributed by atoms with van der Waals surface area (Å²) in [7, 11) is 1.66.